The highest BCUT2D eigenvalue weighted by atomic mass is 32.2. The topological polar surface area (TPSA) is 39.2 Å². The molecular formula is C68H43N5S. The monoisotopic (exact) mass is 961 g/mol. The molecule has 0 amide bonds. The Labute approximate surface area is 430 Å². The molecule has 14 aromatic rings. The van der Waals surface area contributed by atoms with Crippen molar-refractivity contribution in [1.29, 1.82) is 0 Å². The van der Waals surface area contributed by atoms with E-state index in [4.69, 9.17) is 4.99 Å². The van der Waals surface area contributed by atoms with Crippen molar-refractivity contribution in [2.45, 2.75) is 6.04 Å². The summed E-state index contributed by atoms with van der Waals surface area (Å²) < 4.78 is 7.20. The van der Waals surface area contributed by atoms with Crippen LogP contribution in [0.4, 0.5) is 0 Å². The van der Waals surface area contributed by atoms with Gasteiger partial charge in [-0.25, -0.2) is 4.99 Å². The minimum absolute atomic E-state index is 0.0966. The van der Waals surface area contributed by atoms with Gasteiger partial charge < -0.3 is 14.5 Å². The summed E-state index contributed by atoms with van der Waals surface area (Å²) in [6.45, 7) is 0. The molecule has 0 aliphatic carbocycles. The van der Waals surface area contributed by atoms with Gasteiger partial charge in [0.2, 0.25) is 5.96 Å². The normalized spacial score (nSPS) is 14.8. The summed E-state index contributed by atoms with van der Waals surface area (Å²) in [4.78, 5) is 8.22. The highest BCUT2D eigenvalue weighted by Crippen LogP contribution is 2.49. The van der Waals surface area contributed by atoms with Crippen LogP contribution in [0.1, 0.15) is 11.1 Å². The van der Waals surface area contributed by atoms with E-state index in [9.17, 15) is 0 Å². The molecule has 1 unspecified atom stereocenters. The Morgan fingerprint density at radius 1 is 0.365 bits per heavy atom. The van der Waals surface area contributed by atoms with Gasteiger partial charge in [-0.2, -0.15) is 0 Å². The quantitative estimate of drug-likeness (QED) is 0.187. The maximum absolute atomic E-state index is 5.80. The number of rotatable bonds is 5. The molecule has 16 rings (SSSR count). The van der Waals surface area contributed by atoms with Crippen LogP contribution < -0.4 is 5.32 Å². The maximum atomic E-state index is 5.80. The molecule has 5 heterocycles. The second-order valence-electron chi connectivity index (χ2n) is 19.5. The van der Waals surface area contributed by atoms with E-state index in [1.165, 1.54) is 102 Å². The predicted octanol–water partition coefficient (Wildman–Crippen LogP) is 17.3. The van der Waals surface area contributed by atoms with Crippen LogP contribution in [0.2, 0.25) is 0 Å². The molecule has 0 radical (unpaired) electrons. The van der Waals surface area contributed by atoms with Gasteiger partial charge in [-0.3, -0.25) is 4.57 Å². The number of fused-ring (bicyclic) bond motifs is 14. The van der Waals surface area contributed by atoms with Gasteiger partial charge in [0.25, 0.3) is 0 Å². The molecule has 0 spiro atoms. The van der Waals surface area contributed by atoms with Crippen LogP contribution in [0.15, 0.2) is 259 Å². The molecule has 0 bridgehead atoms. The first-order chi connectivity index (χ1) is 36.7. The molecule has 2 aliphatic rings. The lowest BCUT2D eigenvalue weighted by molar-refractivity contribution is 0.835. The first-order valence-electron chi connectivity index (χ1n) is 25.3. The minimum atomic E-state index is -0.0966. The number of hydrogen-bond acceptors (Lipinski definition) is 3. The number of benzene rings is 11. The maximum Gasteiger partial charge on any atom is 0.209 e. The van der Waals surface area contributed by atoms with Crippen LogP contribution in [0.3, 0.4) is 0 Å². The SMILES string of the molecule is C1=C(c2ccccc2)SC2=C(c3ccc4c(c3)c3ccccc3n4-c3ccccc3)N=C(n3c4ccc(-c5cccc6c5c5c7ccccc7ccc5n6-c5ccccc5)cc4c4c5ccccc5ccc43)NC12. The number of hydrogen-bond donors (Lipinski definition) is 1. The average molecular weight is 962 g/mol. The molecule has 0 saturated heterocycles. The van der Waals surface area contributed by atoms with Gasteiger partial charge >= 0.3 is 0 Å². The second kappa shape index (κ2) is 16.1. The molecule has 5 nitrogen and oxygen atoms in total. The zero-order chi connectivity index (χ0) is 48.4. The number of nitrogens with one attached hydrogen (secondary N) is 1. The molecule has 346 valence electrons. The number of aromatic nitrogens is 3. The summed E-state index contributed by atoms with van der Waals surface area (Å²) in [6.07, 6.45) is 2.39. The zero-order valence-electron chi connectivity index (χ0n) is 39.9. The molecule has 6 heteroatoms. The number of para-hydroxylation sites is 3. The molecule has 1 atom stereocenters. The highest BCUT2D eigenvalue weighted by molar-refractivity contribution is 8.12. The molecule has 0 fully saturated rings. The Morgan fingerprint density at radius 3 is 1.62 bits per heavy atom. The lowest BCUT2D eigenvalue weighted by Gasteiger charge is -2.25. The Hall–Kier alpha value is -9.36. The van der Waals surface area contributed by atoms with Gasteiger partial charge in [0.05, 0.1) is 44.8 Å². The smallest absolute Gasteiger partial charge is 0.209 e. The fourth-order valence-corrected chi connectivity index (χ4v) is 13.5. The molecule has 2 aliphatic heterocycles. The van der Waals surface area contributed by atoms with Crippen molar-refractivity contribution in [2.24, 2.45) is 4.99 Å². The fourth-order valence-electron chi connectivity index (χ4n) is 12.2. The minimum Gasteiger partial charge on any atom is -0.344 e. The Morgan fingerprint density at radius 2 is 0.892 bits per heavy atom. The third-order valence-corrected chi connectivity index (χ3v) is 16.7. The first-order valence-corrected chi connectivity index (χ1v) is 26.1. The zero-order valence-corrected chi connectivity index (χ0v) is 40.8. The van der Waals surface area contributed by atoms with Crippen molar-refractivity contribution < 1.29 is 0 Å². The van der Waals surface area contributed by atoms with Gasteiger partial charge in [0, 0.05) is 59.1 Å². The van der Waals surface area contributed by atoms with Crippen molar-refractivity contribution in [3.8, 4) is 22.5 Å². The van der Waals surface area contributed by atoms with Crippen molar-refractivity contribution in [3.63, 3.8) is 0 Å². The van der Waals surface area contributed by atoms with E-state index >= 15 is 0 Å². The van der Waals surface area contributed by atoms with Crippen LogP contribution in [-0.2, 0) is 0 Å². The van der Waals surface area contributed by atoms with Crippen LogP contribution in [-0.4, -0.2) is 25.7 Å². The van der Waals surface area contributed by atoms with Gasteiger partial charge in [0.1, 0.15) is 0 Å². The summed E-state index contributed by atoms with van der Waals surface area (Å²) in [7, 11) is 0. The molecule has 1 N–H and O–H groups in total. The highest BCUT2D eigenvalue weighted by Gasteiger charge is 2.33. The van der Waals surface area contributed by atoms with E-state index < -0.39 is 0 Å². The van der Waals surface area contributed by atoms with Crippen LogP contribution in [0.25, 0.3) is 120 Å². The Kier molecular flexibility index (Phi) is 8.97. The molecule has 0 saturated carbocycles. The number of nitrogens with zero attached hydrogens (tertiary/aromatic N) is 4. The van der Waals surface area contributed by atoms with Crippen LogP contribution >= 0.6 is 11.8 Å². The van der Waals surface area contributed by atoms with Gasteiger partial charge in [-0.15, -0.1) is 0 Å². The lowest BCUT2D eigenvalue weighted by Crippen LogP contribution is -2.40. The van der Waals surface area contributed by atoms with Crippen molar-refractivity contribution >= 4 is 115 Å². The predicted molar refractivity (Wildman–Crippen MR) is 314 cm³/mol. The van der Waals surface area contributed by atoms with Crippen LogP contribution in [0.5, 0.6) is 0 Å². The van der Waals surface area contributed by atoms with E-state index in [2.05, 4.69) is 268 Å². The second-order valence-corrected chi connectivity index (χ2v) is 20.6. The fraction of sp³-hybridized carbons (Fsp3) is 0.0147. The summed E-state index contributed by atoms with van der Waals surface area (Å²) in [5.41, 5.74) is 14.9. The number of aliphatic imine (C=N–C) groups is 1. The summed E-state index contributed by atoms with van der Waals surface area (Å²) in [6, 6.07) is 88.5. The third kappa shape index (κ3) is 6.09. The Balaban J connectivity index is 0.937. The first kappa shape index (κ1) is 41.3. The molecule has 11 aromatic carbocycles. The largest absolute Gasteiger partial charge is 0.344 e. The summed E-state index contributed by atoms with van der Waals surface area (Å²) in [5, 5.41) is 16.2. The molecular weight excluding hydrogens is 919 g/mol. The van der Waals surface area contributed by atoms with Gasteiger partial charge in [-0.05, 0) is 117 Å². The molecule has 3 aromatic heterocycles. The lowest BCUT2D eigenvalue weighted by atomic mass is 9.95. The summed E-state index contributed by atoms with van der Waals surface area (Å²) in [5.74, 6) is 0.800. The van der Waals surface area contributed by atoms with Gasteiger partial charge in [0.15, 0.2) is 0 Å². The average Bonchev–Trinajstić information content (AvgIpc) is 4.24. The van der Waals surface area contributed by atoms with Gasteiger partial charge in [-0.1, -0.05) is 182 Å². The Bertz CT molecular complexity index is 4770. The van der Waals surface area contributed by atoms with E-state index in [-0.39, 0.29) is 6.04 Å². The van der Waals surface area contributed by atoms with E-state index in [0.29, 0.717) is 0 Å². The standard InChI is InChI=1S/C68H43N5S/c1-4-19-44(20-5-1)62-41-55-67(74-62)66(46-34-36-57-53(40-46)52-27-14-15-29-56(52)71(57)47-21-6-2-7-22-47)70-68(69-55)73-58-35-33-45(39-54(58)63-49-25-12-10-17-42(49)31-37-60(63)73)51-28-16-30-59-65(51)64-50-26-13-11-18-43(50)32-38-61(64)72(59)48-23-8-3-9-24-48/h1-41,55H,(H,69,70). The van der Waals surface area contributed by atoms with Crippen LogP contribution in [0, 0.1) is 0 Å². The number of thioether (sulfide) groups is 1. The van der Waals surface area contributed by atoms with Crippen molar-refractivity contribution in [1.82, 2.24) is 19.0 Å². The van der Waals surface area contributed by atoms with Crippen molar-refractivity contribution in [2.75, 3.05) is 0 Å². The molecule has 74 heavy (non-hydrogen) atoms. The van der Waals surface area contributed by atoms with Crippen molar-refractivity contribution in [3.05, 3.63) is 265 Å². The van der Waals surface area contributed by atoms with E-state index in [1.807, 2.05) is 11.8 Å². The van der Waals surface area contributed by atoms with E-state index in [1.54, 1.807) is 0 Å². The third-order valence-electron chi connectivity index (χ3n) is 15.4. The summed E-state index contributed by atoms with van der Waals surface area (Å²) >= 11 is 1.83. The van der Waals surface area contributed by atoms with E-state index in [0.717, 1.165) is 39.6 Å².